The molecule has 22 heavy (non-hydrogen) atoms. The molecule has 122 valence electrons. The summed E-state index contributed by atoms with van der Waals surface area (Å²) in [6.45, 7) is 2.46. The highest BCUT2D eigenvalue weighted by molar-refractivity contribution is 5.76. The SMILES string of the molecule is NCCCCCCC(=O)N(Cc1ccccc1)CC1CCC1. The van der Waals surface area contributed by atoms with Crippen LogP contribution in [0.25, 0.3) is 0 Å². The normalized spacial score (nSPS) is 14.6. The van der Waals surface area contributed by atoms with Crippen LogP contribution in [0.15, 0.2) is 30.3 Å². The minimum Gasteiger partial charge on any atom is -0.338 e. The number of hydrogen-bond acceptors (Lipinski definition) is 2. The molecule has 1 aromatic carbocycles. The van der Waals surface area contributed by atoms with Gasteiger partial charge in [-0.3, -0.25) is 4.79 Å². The van der Waals surface area contributed by atoms with Gasteiger partial charge in [0.25, 0.3) is 0 Å². The van der Waals surface area contributed by atoms with Crippen LogP contribution in [0.5, 0.6) is 0 Å². The molecular formula is C19H30N2O. The van der Waals surface area contributed by atoms with Crippen molar-refractivity contribution in [3.63, 3.8) is 0 Å². The third-order valence-corrected chi connectivity index (χ3v) is 4.62. The van der Waals surface area contributed by atoms with Gasteiger partial charge in [0.1, 0.15) is 0 Å². The number of benzene rings is 1. The van der Waals surface area contributed by atoms with Crippen molar-refractivity contribution in [1.29, 1.82) is 0 Å². The van der Waals surface area contributed by atoms with E-state index in [0.29, 0.717) is 12.3 Å². The monoisotopic (exact) mass is 302 g/mol. The molecular weight excluding hydrogens is 272 g/mol. The Kier molecular flexibility index (Phi) is 7.44. The Bertz CT molecular complexity index is 428. The predicted octanol–water partition coefficient (Wildman–Crippen LogP) is 3.72. The van der Waals surface area contributed by atoms with Gasteiger partial charge in [0.15, 0.2) is 0 Å². The highest BCUT2D eigenvalue weighted by Gasteiger charge is 2.23. The molecule has 1 aliphatic rings. The first-order valence-electron chi connectivity index (χ1n) is 8.81. The van der Waals surface area contributed by atoms with Gasteiger partial charge in [-0.25, -0.2) is 0 Å². The summed E-state index contributed by atoms with van der Waals surface area (Å²) in [7, 11) is 0. The maximum atomic E-state index is 12.6. The molecule has 0 radical (unpaired) electrons. The fraction of sp³-hybridized carbons (Fsp3) is 0.632. The highest BCUT2D eigenvalue weighted by atomic mass is 16.2. The lowest BCUT2D eigenvalue weighted by Crippen LogP contribution is -2.36. The summed E-state index contributed by atoms with van der Waals surface area (Å²) in [5.74, 6) is 1.05. The van der Waals surface area contributed by atoms with Gasteiger partial charge in [0, 0.05) is 19.5 Å². The van der Waals surface area contributed by atoms with Crippen LogP contribution in [0, 0.1) is 5.92 Å². The Balaban J connectivity index is 1.81. The molecule has 1 fully saturated rings. The van der Waals surface area contributed by atoms with Gasteiger partial charge in [-0.2, -0.15) is 0 Å². The molecule has 0 bridgehead atoms. The second-order valence-electron chi connectivity index (χ2n) is 6.51. The lowest BCUT2D eigenvalue weighted by Gasteiger charge is -2.32. The molecule has 0 unspecified atom stereocenters. The zero-order valence-electron chi connectivity index (χ0n) is 13.7. The lowest BCUT2D eigenvalue weighted by atomic mass is 9.85. The Morgan fingerprint density at radius 3 is 2.45 bits per heavy atom. The van der Waals surface area contributed by atoms with Crippen molar-refractivity contribution < 1.29 is 4.79 Å². The Morgan fingerprint density at radius 2 is 1.82 bits per heavy atom. The van der Waals surface area contributed by atoms with Crippen LogP contribution < -0.4 is 5.73 Å². The number of unbranched alkanes of at least 4 members (excludes halogenated alkanes) is 3. The average molecular weight is 302 g/mol. The van der Waals surface area contributed by atoms with Crippen LogP contribution in [0.1, 0.15) is 56.9 Å². The number of nitrogens with two attached hydrogens (primary N) is 1. The minimum absolute atomic E-state index is 0.323. The number of carbonyl (C=O) groups is 1. The second kappa shape index (κ2) is 9.62. The van der Waals surface area contributed by atoms with Crippen molar-refractivity contribution >= 4 is 5.91 Å². The number of rotatable bonds is 10. The van der Waals surface area contributed by atoms with E-state index in [1.165, 1.54) is 24.8 Å². The van der Waals surface area contributed by atoms with Gasteiger partial charge in [-0.05, 0) is 43.7 Å². The van der Waals surface area contributed by atoms with Gasteiger partial charge in [-0.1, -0.05) is 49.6 Å². The van der Waals surface area contributed by atoms with E-state index in [0.717, 1.165) is 51.2 Å². The fourth-order valence-corrected chi connectivity index (χ4v) is 2.98. The molecule has 1 amide bonds. The van der Waals surface area contributed by atoms with E-state index in [9.17, 15) is 4.79 Å². The van der Waals surface area contributed by atoms with Crippen molar-refractivity contribution in [3.8, 4) is 0 Å². The van der Waals surface area contributed by atoms with Gasteiger partial charge in [-0.15, -0.1) is 0 Å². The topological polar surface area (TPSA) is 46.3 Å². The van der Waals surface area contributed by atoms with E-state index < -0.39 is 0 Å². The molecule has 0 heterocycles. The molecule has 3 nitrogen and oxygen atoms in total. The number of hydrogen-bond donors (Lipinski definition) is 1. The van der Waals surface area contributed by atoms with E-state index >= 15 is 0 Å². The Labute approximate surface area is 134 Å². The molecule has 1 aromatic rings. The van der Waals surface area contributed by atoms with Crippen LogP contribution >= 0.6 is 0 Å². The first-order valence-corrected chi connectivity index (χ1v) is 8.81. The van der Waals surface area contributed by atoms with Crippen molar-refractivity contribution in [3.05, 3.63) is 35.9 Å². The predicted molar refractivity (Wildman–Crippen MR) is 91.3 cm³/mol. The summed E-state index contributed by atoms with van der Waals surface area (Å²) in [5.41, 5.74) is 6.74. The van der Waals surface area contributed by atoms with Gasteiger partial charge in [0.05, 0.1) is 0 Å². The number of amides is 1. The molecule has 0 spiro atoms. The molecule has 0 atom stereocenters. The Morgan fingerprint density at radius 1 is 1.09 bits per heavy atom. The highest BCUT2D eigenvalue weighted by Crippen LogP contribution is 2.28. The van der Waals surface area contributed by atoms with Gasteiger partial charge >= 0.3 is 0 Å². The van der Waals surface area contributed by atoms with Crippen molar-refractivity contribution in [1.82, 2.24) is 4.90 Å². The van der Waals surface area contributed by atoms with Crippen LogP contribution in [0.4, 0.5) is 0 Å². The van der Waals surface area contributed by atoms with Crippen LogP contribution in [0.2, 0.25) is 0 Å². The maximum absolute atomic E-state index is 12.6. The summed E-state index contributed by atoms with van der Waals surface area (Å²) in [6.07, 6.45) is 8.92. The van der Waals surface area contributed by atoms with E-state index in [1.54, 1.807) is 0 Å². The summed E-state index contributed by atoms with van der Waals surface area (Å²) in [5, 5.41) is 0. The number of carbonyl (C=O) groups excluding carboxylic acids is 1. The third-order valence-electron chi connectivity index (χ3n) is 4.62. The minimum atomic E-state index is 0.323. The third kappa shape index (κ3) is 5.80. The smallest absolute Gasteiger partial charge is 0.222 e. The molecule has 0 aromatic heterocycles. The molecule has 0 saturated heterocycles. The molecule has 1 saturated carbocycles. The quantitative estimate of drug-likeness (QED) is 0.669. The van der Waals surface area contributed by atoms with Crippen molar-refractivity contribution in [2.45, 2.75) is 57.9 Å². The molecule has 1 aliphatic carbocycles. The summed E-state index contributed by atoms with van der Waals surface area (Å²) in [4.78, 5) is 14.6. The van der Waals surface area contributed by atoms with Crippen LogP contribution in [-0.4, -0.2) is 23.9 Å². The summed E-state index contributed by atoms with van der Waals surface area (Å²) in [6, 6.07) is 10.4. The first kappa shape index (κ1) is 17.0. The standard InChI is InChI=1S/C19H30N2O/c20-14-7-2-1-6-13-19(22)21(16-18-11-8-12-18)15-17-9-4-3-5-10-17/h3-5,9-10,18H,1-2,6-8,11-16,20H2. The zero-order valence-corrected chi connectivity index (χ0v) is 13.7. The first-order chi connectivity index (χ1) is 10.8. The largest absolute Gasteiger partial charge is 0.338 e. The number of nitrogens with zero attached hydrogens (tertiary/aromatic N) is 1. The molecule has 0 aliphatic heterocycles. The molecule has 2 N–H and O–H groups in total. The van der Waals surface area contributed by atoms with Crippen molar-refractivity contribution in [2.75, 3.05) is 13.1 Å². The summed E-state index contributed by atoms with van der Waals surface area (Å²) < 4.78 is 0. The molecule has 3 heteroatoms. The second-order valence-corrected chi connectivity index (χ2v) is 6.51. The van der Waals surface area contributed by atoms with Crippen molar-refractivity contribution in [2.24, 2.45) is 11.7 Å². The van der Waals surface area contributed by atoms with Crippen LogP contribution in [-0.2, 0) is 11.3 Å². The zero-order chi connectivity index (χ0) is 15.6. The summed E-state index contributed by atoms with van der Waals surface area (Å²) >= 11 is 0. The van der Waals surface area contributed by atoms with Gasteiger partial charge in [0.2, 0.25) is 5.91 Å². The molecule has 2 rings (SSSR count). The van der Waals surface area contributed by atoms with E-state index in [2.05, 4.69) is 17.0 Å². The maximum Gasteiger partial charge on any atom is 0.222 e. The lowest BCUT2D eigenvalue weighted by molar-refractivity contribution is -0.133. The van der Waals surface area contributed by atoms with E-state index in [-0.39, 0.29) is 0 Å². The fourth-order valence-electron chi connectivity index (χ4n) is 2.98. The Hall–Kier alpha value is -1.35. The van der Waals surface area contributed by atoms with E-state index in [4.69, 9.17) is 5.73 Å². The van der Waals surface area contributed by atoms with Crippen LogP contribution in [0.3, 0.4) is 0 Å². The average Bonchev–Trinajstić information content (AvgIpc) is 2.50. The van der Waals surface area contributed by atoms with Gasteiger partial charge < -0.3 is 10.6 Å². The van der Waals surface area contributed by atoms with E-state index in [1.807, 2.05) is 18.2 Å².